The molecule has 14 nitrogen and oxygen atoms in total. The number of ether oxygens (including phenoxy) is 3. The van der Waals surface area contributed by atoms with Crippen LogP contribution in [0.2, 0.25) is 0 Å². The van der Waals surface area contributed by atoms with E-state index in [0.717, 1.165) is 24.7 Å². The number of alkyl halides is 2. The fourth-order valence-corrected chi connectivity index (χ4v) is 5.68. The maximum absolute atomic E-state index is 16.0. The number of aromatic amines is 1. The maximum Gasteiger partial charge on any atom is 0.400 e. The highest BCUT2D eigenvalue weighted by Crippen LogP contribution is 2.67. The molecule has 0 aliphatic carbocycles. The van der Waals surface area contributed by atoms with E-state index < -0.39 is 61.7 Å². The Morgan fingerprint density at radius 3 is 2.44 bits per heavy atom. The number of nitrogen functional groups attached to an aromatic ring is 1. The summed E-state index contributed by atoms with van der Waals surface area (Å²) < 4.78 is 72.1. The monoisotopic (exact) mass is 537 g/mol. The van der Waals surface area contributed by atoms with Gasteiger partial charge in [0.25, 0.3) is 5.56 Å². The van der Waals surface area contributed by atoms with Crippen LogP contribution in [-0.2, 0) is 37.4 Å². The highest BCUT2D eigenvalue weighted by Gasteiger charge is 2.68. The molecule has 0 aromatic carbocycles. The van der Waals surface area contributed by atoms with E-state index in [2.05, 4.69) is 15.0 Å². The average Bonchev–Trinajstić information content (AvgIpc) is 3.33. The molecule has 0 bridgehead atoms. The number of fused-ring (bicyclic) bond motifs is 1. The van der Waals surface area contributed by atoms with Gasteiger partial charge in [0, 0.05) is 13.8 Å². The molecule has 200 valence electrons. The van der Waals surface area contributed by atoms with Crippen LogP contribution in [-0.4, -0.2) is 69.1 Å². The molecular weight excluding hydrogens is 511 g/mol. The van der Waals surface area contributed by atoms with Gasteiger partial charge in [-0.2, -0.15) is 13.8 Å². The molecule has 3 N–H and O–H groups in total. The molecule has 17 heteroatoms. The van der Waals surface area contributed by atoms with Crippen LogP contribution in [0.3, 0.4) is 0 Å². The molecule has 0 amide bonds. The third-order valence-corrected chi connectivity index (χ3v) is 7.42. The number of nitrogens with zero attached hydrogens (tertiary/aromatic N) is 3. The number of hydrogen-bond donors (Lipinski definition) is 2. The normalized spacial score (nSPS) is 22.6. The molecule has 1 fully saturated rings. The minimum atomic E-state index is -5.16. The van der Waals surface area contributed by atoms with E-state index in [1.54, 1.807) is 0 Å². The first-order valence-electron chi connectivity index (χ1n) is 10.8. The molecule has 0 unspecified atom stereocenters. The van der Waals surface area contributed by atoms with Gasteiger partial charge in [-0.05, 0) is 13.8 Å². The van der Waals surface area contributed by atoms with Crippen LogP contribution in [0.1, 0.15) is 33.9 Å². The van der Waals surface area contributed by atoms with E-state index in [9.17, 15) is 18.9 Å². The quantitative estimate of drug-likeness (QED) is 0.329. The van der Waals surface area contributed by atoms with Gasteiger partial charge in [0.05, 0.1) is 19.5 Å². The number of hydrogen-bond acceptors (Lipinski definition) is 12. The molecule has 1 aliphatic rings. The Kier molecular flexibility index (Phi) is 8.13. The van der Waals surface area contributed by atoms with Crippen molar-refractivity contribution in [2.45, 2.75) is 51.8 Å². The van der Waals surface area contributed by atoms with Crippen molar-refractivity contribution in [2.24, 2.45) is 5.92 Å². The standard InChI is InChI=1S/C19H26F2N5O9P/c1-5-32-36(30,33-6-2)19(20,21)12-11(7-31-9(3)27)35-17(14(12)34-10(4)28)26-8-23-13-15(26)24-18(22)25-16(13)29/h8,11-12,14,17H,5-7H2,1-4H3,(H3,22,24,25,29)/t11-,12-,14-,17-/m1/s1. The second kappa shape index (κ2) is 10.6. The first kappa shape index (κ1) is 27.6. The molecular formula is C19H26F2N5O9P. The smallest absolute Gasteiger partial charge is 0.400 e. The van der Waals surface area contributed by atoms with Gasteiger partial charge in [0.2, 0.25) is 5.95 Å². The molecule has 0 saturated carbocycles. The van der Waals surface area contributed by atoms with Gasteiger partial charge in [-0.25, -0.2) is 4.98 Å². The molecule has 0 spiro atoms. The van der Waals surface area contributed by atoms with Gasteiger partial charge in [0.15, 0.2) is 23.5 Å². The third kappa shape index (κ3) is 5.12. The van der Waals surface area contributed by atoms with E-state index in [-0.39, 0.29) is 30.3 Å². The Hall–Kier alpha value is -2.94. The summed E-state index contributed by atoms with van der Waals surface area (Å²) in [6, 6.07) is 0. The van der Waals surface area contributed by atoms with Crippen molar-refractivity contribution in [1.29, 1.82) is 0 Å². The fourth-order valence-electron chi connectivity index (χ4n) is 3.90. The van der Waals surface area contributed by atoms with Crippen molar-refractivity contribution in [3.8, 4) is 0 Å². The minimum Gasteiger partial charge on any atom is -0.463 e. The molecule has 3 rings (SSSR count). The topological polar surface area (TPSA) is 187 Å². The zero-order valence-electron chi connectivity index (χ0n) is 19.8. The van der Waals surface area contributed by atoms with E-state index in [0.29, 0.717) is 0 Å². The molecule has 1 aliphatic heterocycles. The van der Waals surface area contributed by atoms with Crippen LogP contribution in [0.15, 0.2) is 11.1 Å². The van der Waals surface area contributed by atoms with Gasteiger partial charge in [-0.1, -0.05) is 0 Å². The predicted octanol–water partition coefficient (Wildman–Crippen LogP) is 1.57. The molecule has 2 aromatic rings. The van der Waals surface area contributed by atoms with Crippen molar-refractivity contribution in [3.63, 3.8) is 0 Å². The first-order chi connectivity index (χ1) is 16.9. The molecule has 36 heavy (non-hydrogen) atoms. The van der Waals surface area contributed by atoms with E-state index >= 15 is 8.78 Å². The number of nitrogens with one attached hydrogen (secondary N) is 1. The number of imidazole rings is 1. The number of esters is 2. The van der Waals surface area contributed by atoms with Gasteiger partial charge in [-0.15, -0.1) is 0 Å². The Morgan fingerprint density at radius 1 is 1.25 bits per heavy atom. The van der Waals surface area contributed by atoms with Gasteiger partial charge >= 0.3 is 25.2 Å². The lowest BCUT2D eigenvalue weighted by atomic mass is 9.98. The summed E-state index contributed by atoms with van der Waals surface area (Å²) in [5.74, 6) is -4.27. The Morgan fingerprint density at radius 2 is 1.89 bits per heavy atom. The van der Waals surface area contributed by atoms with Crippen molar-refractivity contribution in [3.05, 3.63) is 16.7 Å². The summed E-state index contributed by atoms with van der Waals surface area (Å²) in [6.45, 7) is 3.25. The Labute approximate surface area is 202 Å². The molecule has 3 heterocycles. The summed E-state index contributed by atoms with van der Waals surface area (Å²) in [5.41, 5.74) is 0.248. The number of rotatable bonds is 10. The lowest BCUT2D eigenvalue weighted by Gasteiger charge is -2.34. The zero-order valence-corrected chi connectivity index (χ0v) is 20.7. The first-order valence-corrected chi connectivity index (χ1v) is 12.4. The number of halogens is 2. The summed E-state index contributed by atoms with van der Waals surface area (Å²) >= 11 is 0. The molecule has 2 aromatic heterocycles. The largest absolute Gasteiger partial charge is 0.463 e. The maximum atomic E-state index is 16.0. The summed E-state index contributed by atoms with van der Waals surface area (Å²) in [6.07, 6.45) is -4.02. The molecule has 0 radical (unpaired) electrons. The number of carbonyl (C=O) groups is 2. The lowest BCUT2D eigenvalue weighted by Crippen LogP contribution is -2.45. The van der Waals surface area contributed by atoms with Gasteiger partial charge in [0.1, 0.15) is 18.6 Å². The number of aromatic nitrogens is 4. The Bertz CT molecular complexity index is 1230. The third-order valence-electron chi connectivity index (χ3n) is 5.19. The van der Waals surface area contributed by atoms with Crippen LogP contribution >= 0.6 is 7.60 Å². The predicted molar refractivity (Wildman–Crippen MR) is 118 cm³/mol. The average molecular weight is 537 g/mol. The second-order valence-electron chi connectivity index (χ2n) is 7.66. The van der Waals surface area contributed by atoms with Crippen molar-refractivity contribution in [1.82, 2.24) is 19.5 Å². The summed E-state index contributed by atoms with van der Waals surface area (Å²) in [7, 11) is -5.16. The molecule has 4 atom stereocenters. The van der Waals surface area contributed by atoms with Crippen LogP contribution in [0, 0.1) is 5.92 Å². The highest BCUT2D eigenvalue weighted by molar-refractivity contribution is 7.55. The Balaban J connectivity index is 2.20. The number of carbonyl (C=O) groups excluding carboxylic acids is 2. The van der Waals surface area contributed by atoms with Crippen LogP contribution in [0.4, 0.5) is 14.7 Å². The van der Waals surface area contributed by atoms with E-state index in [1.165, 1.54) is 13.8 Å². The van der Waals surface area contributed by atoms with E-state index in [1.807, 2.05) is 0 Å². The summed E-state index contributed by atoms with van der Waals surface area (Å²) in [4.78, 5) is 45.8. The summed E-state index contributed by atoms with van der Waals surface area (Å²) in [5, 5.41) is 0. The molecule has 1 saturated heterocycles. The van der Waals surface area contributed by atoms with E-state index in [4.69, 9.17) is 29.0 Å². The number of nitrogens with two attached hydrogens (primary N) is 1. The zero-order chi connectivity index (χ0) is 26.8. The SMILES string of the molecule is CCOP(=O)(OCC)C(F)(F)[C@H]1[C@@H](OC(C)=O)[C@H](n2cnc3c(=O)[nH]c(N)nc32)O[C@@H]1COC(C)=O. The van der Waals surface area contributed by atoms with Crippen molar-refractivity contribution < 1.29 is 46.2 Å². The van der Waals surface area contributed by atoms with Crippen molar-refractivity contribution in [2.75, 3.05) is 25.6 Å². The minimum absolute atomic E-state index is 0.161. The fraction of sp³-hybridized carbons (Fsp3) is 0.632. The number of H-pyrrole nitrogens is 1. The van der Waals surface area contributed by atoms with Crippen LogP contribution in [0.5, 0.6) is 0 Å². The highest BCUT2D eigenvalue weighted by atomic mass is 31.2. The number of anilines is 1. The van der Waals surface area contributed by atoms with Gasteiger partial charge in [-0.3, -0.25) is 28.5 Å². The second-order valence-corrected chi connectivity index (χ2v) is 9.77. The van der Waals surface area contributed by atoms with Crippen molar-refractivity contribution >= 4 is 36.6 Å². The lowest BCUT2D eigenvalue weighted by molar-refractivity contribution is -0.158. The van der Waals surface area contributed by atoms with Crippen LogP contribution < -0.4 is 11.3 Å². The van der Waals surface area contributed by atoms with Gasteiger partial charge < -0.3 is 29.0 Å². The van der Waals surface area contributed by atoms with Crippen LogP contribution in [0.25, 0.3) is 11.2 Å².